The summed E-state index contributed by atoms with van der Waals surface area (Å²) in [4.78, 5) is 20.5. The number of nitrogens with zero attached hydrogens (tertiary/aromatic N) is 2. The van der Waals surface area contributed by atoms with Gasteiger partial charge in [0.25, 0.3) is 0 Å². The molecule has 1 aliphatic heterocycles. The van der Waals surface area contributed by atoms with Crippen molar-refractivity contribution in [1.82, 2.24) is 9.88 Å². The monoisotopic (exact) mass is 432 g/mol. The summed E-state index contributed by atoms with van der Waals surface area (Å²) in [7, 11) is 0. The van der Waals surface area contributed by atoms with Crippen LogP contribution >= 0.6 is 11.8 Å². The van der Waals surface area contributed by atoms with Gasteiger partial charge in [0.1, 0.15) is 17.4 Å². The maximum Gasteiger partial charge on any atom is 0.233 e. The van der Waals surface area contributed by atoms with Crippen molar-refractivity contribution in [3.63, 3.8) is 0 Å². The number of amides is 1. The van der Waals surface area contributed by atoms with E-state index in [0.717, 1.165) is 23.3 Å². The van der Waals surface area contributed by atoms with Crippen molar-refractivity contribution in [1.29, 1.82) is 0 Å². The van der Waals surface area contributed by atoms with Crippen LogP contribution in [0.5, 0.6) is 0 Å². The third-order valence-corrected chi connectivity index (χ3v) is 6.55. The van der Waals surface area contributed by atoms with E-state index >= 15 is 0 Å². The molecule has 156 valence electrons. The number of likely N-dealkylation sites (tertiary alicyclic amines) is 1. The molecule has 0 N–H and O–H groups in total. The average molecular weight is 433 g/mol. The second kappa shape index (κ2) is 8.55. The highest BCUT2D eigenvalue weighted by molar-refractivity contribution is 8.00. The number of carbonyl (C=O) groups is 1. The summed E-state index contributed by atoms with van der Waals surface area (Å²) in [6, 6.07) is 21.9. The van der Waals surface area contributed by atoms with Gasteiger partial charge in [0.2, 0.25) is 11.8 Å². The molecule has 1 amide bonds. The number of benzene rings is 3. The third-order valence-electron chi connectivity index (χ3n) is 5.55. The predicted molar refractivity (Wildman–Crippen MR) is 120 cm³/mol. The zero-order valence-electron chi connectivity index (χ0n) is 16.8. The number of hydrogen-bond acceptors (Lipinski definition) is 4. The summed E-state index contributed by atoms with van der Waals surface area (Å²) >= 11 is 1.54. The maximum absolute atomic E-state index is 14.2. The second-order valence-electron chi connectivity index (χ2n) is 7.56. The van der Waals surface area contributed by atoms with E-state index in [-0.39, 0.29) is 17.8 Å². The molecule has 1 atom stereocenters. The van der Waals surface area contributed by atoms with Gasteiger partial charge in [0.05, 0.1) is 5.75 Å². The lowest BCUT2D eigenvalue weighted by molar-refractivity contribution is -0.129. The normalized spacial score (nSPS) is 16.2. The smallest absolute Gasteiger partial charge is 0.233 e. The minimum Gasteiger partial charge on any atom is -0.438 e. The summed E-state index contributed by atoms with van der Waals surface area (Å²) in [5.74, 6) is 0.758. The number of rotatable bonds is 5. The first kappa shape index (κ1) is 19.8. The molecule has 0 spiro atoms. The van der Waals surface area contributed by atoms with Crippen LogP contribution < -0.4 is 0 Å². The van der Waals surface area contributed by atoms with Crippen molar-refractivity contribution in [3.05, 3.63) is 84.5 Å². The number of oxazole rings is 1. The minimum atomic E-state index is -0.269. The third kappa shape index (κ3) is 4.08. The Kier molecular flexibility index (Phi) is 5.47. The quantitative estimate of drug-likeness (QED) is 0.358. The largest absolute Gasteiger partial charge is 0.438 e. The molecule has 0 radical (unpaired) electrons. The lowest BCUT2D eigenvalue weighted by Crippen LogP contribution is -2.32. The summed E-state index contributed by atoms with van der Waals surface area (Å²) < 4.78 is 20.2. The highest BCUT2D eigenvalue weighted by Crippen LogP contribution is 2.35. The topological polar surface area (TPSA) is 46.3 Å². The van der Waals surface area contributed by atoms with Gasteiger partial charge in [-0.1, -0.05) is 42.5 Å². The van der Waals surface area contributed by atoms with Crippen LogP contribution in [0.4, 0.5) is 4.39 Å². The number of carbonyl (C=O) groups excluding carboxylic acids is 1. The molecule has 5 rings (SSSR count). The van der Waals surface area contributed by atoms with Crippen molar-refractivity contribution in [3.8, 4) is 11.1 Å². The fourth-order valence-corrected chi connectivity index (χ4v) is 4.82. The van der Waals surface area contributed by atoms with E-state index in [9.17, 15) is 9.18 Å². The zero-order valence-corrected chi connectivity index (χ0v) is 17.6. The van der Waals surface area contributed by atoms with Gasteiger partial charge >= 0.3 is 0 Å². The van der Waals surface area contributed by atoms with Gasteiger partial charge in [-0.05, 0) is 48.7 Å². The summed E-state index contributed by atoms with van der Waals surface area (Å²) in [6.07, 6.45) is 1.75. The van der Waals surface area contributed by atoms with E-state index in [4.69, 9.17) is 4.42 Å². The molecule has 1 aliphatic rings. The lowest BCUT2D eigenvalue weighted by atomic mass is 10.0. The van der Waals surface area contributed by atoms with Crippen molar-refractivity contribution in [2.75, 3.05) is 12.3 Å². The van der Waals surface area contributed by atoms with Gasteiger partial charge < -0.3 is 9.32 Å². The number of halogens is 1. The van der Waals surface area contributed by atoms with Crippen LogP contribution in [0, 0.1) is 5.82 Å². The molecule has 4 aromatic rings. The summed E-state index contributed by atoms with van der Waals surface area (Å²) in [5, 5.41) is 0. The van der Waals surface area contributed by atoms with E-state index in [1.54, 1.807) is 23.9 Å². The molecule has 31 heavy (non-hydrogen) atoms. The second-order valence-corrected chi connectivity index (χ2v) is 8.61. The molecule has 0 aliphatic carbocycles. The van der Waals surface area contributed by atoms with E-state index in [1.165, 1.54) is 6.07 Å². The van der Waals surface area contributed by atoms with Crippen molar-refractivity contribution < 1.29 is 13.6 Å². The maximum atomic E-state index is 14.2. The number of thioether (sulfide) groups is 1. The van der Waals surface area contributed by atoms with Gasteiger partial charge in [-0.3, -0.25) is 4.79 Å². The van der Waals surface area contributed by atoms with E-state index < -0.39 is 0 Å². The lowest BCUT2D eigenvalue weighted by Gasteiger charge is -2.22. The molecule has 1 unspecified atom stereocenters. The van der Waals surface area contributed by atoms with Crippen molar-refractivity contribution >= 4 is 28.8 Å². The fourth-order valence-electron chi connectivity index (χ4n) is 4.02. The van der Waals surface area contributed by atoms with Gasteiger partial charge in [-0.15, -0.1) is 11.8 Å². The Balaban J connectivity index is 1.36. The van der Waals surface area contributed by atoms with Crippen LogP contribution in [0.2, 0.25) is 0 Å². The Morgan fingerprint density at radius 1 is 1.10 bits per heavy atom. The van der Waals surface area contributed by atoms with Gasteiger partial charge in [0, 0.05) is 17.0 Å². The van der Waals surface area contributed by atoms with Gasteiger partial charge in [-0.25, -0.2) is 9.37 Å². The standard InChI is InChI=1S/C25H21FN2O2S/c26-20-10-5-4-9-19(20)17-12-13-23-21(15-17)27-25(30-23)22-11-6-14-28(22)24(29)16-31-18-7-2-1-3-8-18/h1-5,7-10,12-13,15,22H,6,11,14,16H2. The first-order valence-corrected chi connectivity index (χ1v) is 11.3. The van der Waals surface area contributed by atoms with Crippen molar-refractivity contribution in [2.24, 2.45) is 0 Å². The Bertz CT molecular complexity index is 1220. The average Bonchev–Trinajstić information content (AvgIpc) is 3.45. The minimum absolute atomic E-state index is 0.0886. The highest BCUT2D eigenvalue weighted by atomic mass is 32.2. The van der Waals surface area contributed by atoms with Crippen LogP contribution in [0.3, 0.4) is 0 Å². The molecule has 0 saturated carbocycles. The first-order valence-electron chi connectivity index (χ1n) is 10.3. The van der Waals surface area contributed by atoms with Gasteiger partial charge in [0.15, 0.2) is 5.58 Å². The molecular formula is C25H21FN2O2S. The van der Waals surface area contributed by atoms with Crippen LogP contribution in [0.15, 0.2) is 82.1 Å². The molecule has 1 aromatic heterocycles. The van der Waals surface area contributed by atoms with Crippen molar-refractivity contribution in [2.45, 2.75) is 23.8 Å². The molecule has 2 heterocycles. The molecular weight excluding hydrogens is 411 g/mol. The first-order chi connectivity index (χ1) is 15.2. The Hall–Kier alpha value is -3.12. The van der Waals surface area contributed by atoms with E-state index in [0.29, 0.717) is 34.9 Å². The Morgan fingerprint density at radius 2 is 1.90 bits per heavy atom. The molecule has 0 bridgehead atoms. The molecule has 4 nitrogen and oxygen atoms in total. The van der Waals surface area contributed by atoms with E-state index in [1.807, 2.05) is 59.5 Å². The molecule has 1 fully saturated rings. The Labute approximate surface area is 184 Å². The number of hydrogen-bond donors (Lipinski definition) is 0. The number of aromatic nitrogens is 1. The van der Waals surface area contributed by atoms with Crippen LogP contribution in [0.25, 0.3) is 22.2 Å². The van der Waals surface area contributed by atoms with Crippen LogP contribution in [-0.4, -0.2) is 28.1 Å². The van der Waals surface area contributed by atoms with E-state index in [2.05, 4.69) is 4.98 Å². The summed E-state index contributed by atoms with van der Waals surface area (Å²) in [6.45, 7) is 0.706. The molecule has 6 heteroatoms. The zero-order chi connectivity index (χ0) is 21.2. The summed E-state index contributed by atoms with van der Waals surface area (Å²) in [5.41, 5.74) is 2.61. The SMILES string of the molecule is O=C(CSc1ccccc1)N1CCCC1c1nc2cc(-c3ccccc3F)ccc2o1. The van der Waals surface area contributed by atoms with Crippen LogP contribution in [0.1, 0.15) is 24.8 Å². The number of fused-ring (bicyclic) bond motifs is 1. The van der Waals surface area contributed by atoms with Gasteiger partial charge in [-0.2, -0.15) is 0 Å². The fraction of sp³-hybridized carbons (Fsp3) is 0.200. The highest BCUT2D eigenvalue weighted by Gasteiger charge is 2.33. The predicted octanol–water partition coefficient (Wildman–Crippen LogP) is 6.09. The Morgan fingerprint density at radius 3 is 2.74 bits per heavy atom. The molecule has 3 aromatic carbocycles. The molecule has 1 saturated heterocycles. The van der Waals surface area contributed by atoms with Crippen LogP contribution in [-0.2, 0) is 4.79 Å².